The summed E-state index contributed by atoms with van der Waals surface area (Å²) in [5, 5.41) is 12.4. The molecule has 1 aliphatic carbocycles. The van der Waals surface area contributed by atoms with Crippen LogP contribution in [-0.4, -0.2) is 25.4 Å². The predicted octanol–water partition coefficient (Wildman–Crippen LogP) is 4.60. The summed E-state index contributed by atoms with van der Waals surface area (Å²) in [5.41, 5.74) is 5.68. The molecule has 166 valence electrons. The third-order valence-electron chi connectivity index (χ3n) is 6.75. The van der Waals surface area contributed by atoms with E-state index in [4.69, 9.17) is 19.9 Å². The molecule has 0 amide bonds. The summed E-state index contributed by atoms with van der Waals surface area (Å²) in [6, 6.07) is 16.7. The maximum Gasteiger partial charge on any atom is 0.175 e. The third-order valence-corrected chi connectivity index (χ3v) is 7.28. The van der Waals surface area contributed by atoms with Crippen LogP contribution >= 0.6 is 15.9 Å². The largest absolute Gasteiger partial charge is 0.496 e. The van der Waals surface area contributed by atoms with Gasteiger partial charge in [0.1, 0.15) is 23.1 Å². The van der Waals surface area contributed by atoms with Crippen molar-refractivity contribution in [2.75, 3.05) is 14.2 Å². The summed E-state index contributed by atoms with van der Waals surface area (Å²) in [6.07, 6.45) is 0.393. The van der Waals surface area contributed by atoms with Crippen molar-refractivity contribution in [2.45, 2.75) is 29.6 Å². The molecule has 1 fully saturated rings. The van der Waals surface area contributed by atoms with Gasteiger partial charge in [-0.25, -0.2) is 4.39 Å². The Labute approximate surface area is 194 Å². The number of hydrogen-bond acceptors (Lipinski definition) is 5. The Morgan fingerprint density at radius 2 is 1.84 bits per heavy atom. The van der Waals surface area contributed by atoms with Crippen LogP contribution in [0.3, 0.4) is 0 Å². The average Bonchev–Trinajstić information content (AvgIpc) is 3.19. The number of benzene rings is 3. The molecule has 0 saturated heterocycles. The highest BCUT2D eigenvalue weighted by Gasteiger charge is 2.72. The molecule has 0 radical (unpaired) electrons. The molecule has 3 aromatic rings. The van der Waals surface area contributed by atoms with E-state index in [-0.39, 0.29) is 5.82 Å². The van der Waals surface area contributed by atoms with Crippen molar-refractivity contribution in [1.82, 2.24) is 0 Å². The minimum atomic E-state index is -1.62. The molecule has 3 aromatic carbocycles. The minimum Gasteiger partial charge on any atom is -0.496 e. The van der Waals surface area contributed by atoms with E-state index in [1.165, 1.54) is 19.2 Å². The van der Waals surface area contributed by atoms with Gasteiger partial charge in [-0.1, -0.05) is 40.2 Å². The normalized spacial score (nSPS) is 28.1. The Morgan fingerprint density at radius 3 is 2.50 bits per heavy atom. The lowest BCUT2D eigenvalue weighted by Gasteiger charge is -2.41. The lowest BCUT2D eigenvalue weighted by atomic mass is 9.71. The highest BCUT2D eigenvalue weighted by atomic mass is 79.9. The monoisotopic (exact) mass is 499 g/mol. The van der Waals surface area contributed by atoms with E-state index < -0.39 is 23.2 Å². The first kappa shape index (κ1) is 21.2. The SMILES string of the molecule is COc1cc(OC)c2c(c1)OC1(c3ccc(Br)cc3)C(c3cccc(F)c3)CC(N)C21O. The molecule has 2 aliphatic rings. The Hall–Kier alpha value is -2.61. The van der Waals surface area contributed by atoms with Crippen LogP contribution in [0.5, 0.6) is 17.2 Å². The maximum atomic E-state index is 14.2. The lowest BCUT2D eigenvalue weighted by Crippen LogP contribution is -2.54. The van der Waals surface area contributed by atoms with Crippen LogP contribution in [0.15, 0.2) is 65.1 Å². The molecule has 4 unspecified atom stereocenters. The van der Waals surface area contributed by atoms with E-state index in [1.54, 1.807) is 25.3 Å². The number of hydrogen-bond donors (Lipinski definition) is 2. The van der Waals surface area contributed by atoms with Gasteiger partial charge in [-0.3, -0.25) is 0 Å². The van der Waals surface area contributed by atoms with E-state index in [1.807, 2.05) is 30.3 Å². The number of methoxy groups -OCH3 is 2. The second-order valence-corrected chi connectivity index (χ2v) is 9.18. The van der Waals surface area contributed by atoms with Crippen molar-refractivity contribution < 1.29 is 23.7 Å². The smallest absolute Gasteiger partial charge is 0.175 e. The van der Waals surface area contributed by atoms with Gasteiger partial charge in [0.15, 0.2) is 11.2 Å². The van der Waals surface area contributed by atoms with Crippen molar-refractivity contribution in [3.8, 4) is 17.2 Å². The summed E-state index contributed by atoms with van der Waals surface area (Å²) in [4.78, 5) is 0. The number of fused-ring (bicyclic) bond motifs is 3. The number of ether oxygens (including phenoxy) is 3. The maximum absolute atomic E-state index is 14.2. The van der Waals surface area contributed by atoms with Gasteiger partial charge in [-0.15, -0.1) is 0 Å². The summed E-state index contributed by atoms with van der Waals surface area (Å²) < 4.78 is 32.9. The van der Waals surface area contributed by atoms with Gasteiger partial charge in [0.25, 0.3) is 0 Å². The zero-order valence-electron chi connectivity index (χ0n) is 17.6. The van der Waals surface area contributed by atoms with Crippen LogP contribution in [0.25, 0.3) is 0 Å². The molecular weight excluding hydrogens is 477 g/mol. The van der Waals surface area contributed by atoms with Crippen LogP contribution in [0, 0.1) is 5.82 Å². The molecule has 4 atom stereocenters. The second-order valence-electron chi connectivity index (χ2n) is 8.26. The van der Waals surface area contributed by atoms with Crippen LogP contribution in [0.4, 0.5) is 4.39 Å². The second kappa shape index (κ2) is 7.47. The van der Waals surface area contributed by atoms with E-state index in [0.717, 1.165) is 10.0 Å². The van der Waals surface area contributed by atoms with E-state index >= 15 is 0 Å². The van der Waals surface area contributed by atoms with Crippen LogP contribution in [0.1, 0.15) is 29.0 Å². The molecule has 0 spiro atoms. The van der Waals surface area contributed by atoms with Gasteiger partial charge in [-0.05, 0) is 41.8 Å². The molecular formula is C25H23BrFNO4. The molecule has 7 heteroatoms. The van der Waals surface area contributed by atoms with Crippen molar-refractivity contribution in [3.63, 3.8) is 0 Å². The van der Waals surface area contributed by atoms with Crippen molar-refractivity contribution in [2.24, 2.45) is 5.73 Å². The number of rotatable bonds is 4. The molecule has 1 aliphatic heterocycles. The van der Waals surface area contributed by atoms with Crippen molar-refractivity contribution in [1.29, 1.82) is 0 Å². The summed E-state index contributed by atoms with van der Waals surface area (Å²) in [5.74, 6) is 0.625. The molecule has 1 heterocycles. The minimum absolute atomic E-state index is 0.354. The summed E-state index contributed by atoms with van der Waals surface area (Å²) >= 11 is 3.48. The fourth-order valence-electron chi connectivity index (χ4n) is 5.40. The quantitative estimate of drug-likeness (QED) is 0.548. The molecule has 1 saturated carbocycles. The molecule has 0 bridgehead atoms. The van der Waals surface area contributed by atoms with Crippen molar-refractivity contribution >= 4 is 15.9 Å². The topological polar surface area (TPSA) is 73.9 Å². The van der Waals surface area contributed by atoms with Gasteiger partial charge in [0, 0.05) is 28.6 Å². The van der Waals surface area contributed by atoms with Gasteiger partial charge in [-0.2, -0.15) is 0 Å². The predicted molar refractivity (Wildman–Crippen MR) is 122 cm³/mol. The standard InChI is InChI=1S/C25H23BrFNO4/c1-30-18-11-20(31-2)23-21(12-18)32-25(15-6-8-16(26)9-7-15)19(13-22(28)24(23,25)29)14-4-3-5-17(27)10-14/h3-12,19,22,29H,13,28H2,1-2H3. The van der Waals surface area contributed by atoms with Gasteiger partial charge in [0.2, 0.25) is 0 Å². The lowest BCUT2D eigenvalue weighted by molar-refractivity contribution is -0.113. The van der Waals surface area contributed by atoms with E-state index in [0.29, 0.717) is 34.8 Å². The molecule has 3 N–H and O–H groups in total. The first-order valence-electron chi connectivity index (χ1n) is 10.3. The fourth-order valence-corrected chi connectivity index (χ4v) is 5.66. The first-order chi connectivity index (χ1) is 15.3. The summed E-state index contributed by atoms with van der Waals surface area (Å²) in [6.45, 7) is 0. The van der Waals surface area contributed by atoms with Crippen LogP contribution in [0.2, 0.25) is 0 Å². The fraction of sp³-hybridized carbons (Fsp3) is 0.280. The highest BCUT2D eigenvalue weighted by Crippen LogP contribution is 2.68. The molecule has 5 rings (SSSR count). The Morgan fingerprint density at radius 1 is 1.09 bits per heavy atom. The van der Waals surface area contributed by atoms with Crippen LogP contribution in [-0.2, 0) is 11.2 Å². The average molecular weight is 500 g/mol. The first-order valence-corrected chi connectivity index (χ1v) is 11.1. The van der Waals surface area contributed by atoms with E-state index in [9.17, 15) is 9.50 Å². The van der Waals surface area contributed by atoms with Gasteiger partial charge in [0.05, 0.1) is 19.8 Å². The number of halogens is 2. The number of aliphatic hydroxyl groups is 1. The zero-order valence-corrected chi connectivity index (χ0v) is 19.2. The van der Waals surface area contributed by atoms with Crippen LogP contribution < -0.4 is 19.9 Å². The molecule has 0 aromatic heterocycles. The Balaban J connectivity index is 1.82. The number of nitrogens with two attached hydrogens (primary N) is 1. The van der Waals surface area contributed by atoms with E-state index in [2.05, 4.69) is 15.9 Å². The van der Waals surface area contributed by atoms with Gasteiger partial charge < -0.3 is 25.1 Å². The Kier molecular flexibility index (Phi) is 4.96. The summed E-state index contributed by atoms with van der Waals surface area (Å²) in [7, 11) is 3.08. The highest BCUT2D eigenvalue weighted by molar-refractivity contribution is 9.10. The Bertz CT molecular complexity index is 1190. The zero-order chi connectivity index (χ0) is 22.7. The molecule has 32 heavy (non-hydrogen) atoms. The third kappa shape index (κ3) is 2.74. The van der Waals surface area contributed by atoms with Crippen molar-refractivity contribution in [3.05, 3.63) is 87.6 Å². The van der Waals surface area contributed by atoms with Gasteiger partial charge >= 0.3 is 0 Å². The molecule has 5 nitrogen and oxygen atoms in total.